The molecular formula is C14H18N4O4. The molecule has 0 amide bonds. The van der Waals surface area contributed by atoms with Gasteiger partial charge in [-0.2, -0.15) is 0 Å². The summed E-state index contributed by atoms with van der Waals surface area (Å²) in [6, 6.07) is 5.53. The maximum Gasteiger partial charge on any atom is 0.406 e. The molecule has 0 saturated carbocycles. The van der Waals surface area contributed by atoms with Crippen LogP contribution in [-0.2, 0) is 13.6 Å². The van der Waals surface area contributed by atoms with Gasteiger partial charge in [-0.3, -0.25) is 4.57 Å². The van der Waals surface area contributed by atoms with Gasteiger partial charge in [0.2, 0.25) is 12.1 Å². The quantitative estimate of drug-likeness (QED) is 0.623. The van der Waals surface area contributed by atoms with Crippen molar-refractivity contribution in [2.75, 3.05) is 19.0 Å². The monoisotopic (exact) mass is 306 g/mol. The zero-order valence-electron chi connectivity index (χ0n) is 12.7. The number of nitrogens with one attached hydrogen (secondary N) is 1. The second-order valence-corrected chi connectivity index (χ2v) is 4.56. The summed E-state index contributed by atoms with van der Waals surface area (Å²) in [5.74, 6) is 1.46. The highest BCUT2D eigenvalue weighted by Crippen LogP contribution is 2.29. The average molecular weight is 306 g/mol. The number of nitrogens with zero attached hydrogens (tertiary/aromatic N) is 3. The van der Waals surface area contributed by atoms with E-state index in [1.807, 2.05) is 25.1 Å². The summed E-state index contributed by atoms with van der Waals surface area (Å²) in [6.07, 6.45) is 1.40. The third-order valence-corrected chi connectivity index (χ3v) is 3.08. The minimum Gasteiger partial charge on any atom is -0.493 e. The van der Waals surface area contributed by atoms with Crippen molar-refractivity contribution in [2.24, 2.45) is 7.05 Å². The fourth-order valence-corrected chi connectivity index (χ4v) is 2.04. The second-order valence-electron chi connectivity index (χ2n) is 4.56. The molecule has 1 heterocycles. The van der Waals surface area contributed by atoms with E-state index in [4.69, 9.17) is 9.47 Å². The number of ether oxygens (including phenoxy) is 2. The first kappa shape index (κ1) is 15.6. The van der Waals surface area contributed by atoms with Crippen molar-refractivity contribution in [3.05, 3.63) is 40.2 Å². The van der Waals surface area contributed by atoms with Gasteiger partial charge in [0.15, 0.2) is 11.5 Å². The molecule has 1 N–H and O–H groups in total. The van der Waals surface area contributed by atoms with E-state index < -0.39 is 4.92 Å². The maximum atomic E-state index is 10.9. The second kappa shape index (κ2) is 6.79. The number of nitro groups is 1. The Bertz CT molecular complexity index is 669. The normalized spacial score (nSPS) is 10.3. The van der Waals surface area contributed by atoms with Gasteiger partial charge in [-0.1, -0.05) is 6.07 Å². The fourth-order valence-electron chi connectivity index (χ4n) is 2.04. The predicted octanol–water partition coefficient (Wildman–Crippen LogP) is 2.35. The Hall–Kier alpha value is -2.77. The van der Waals surface area contributed by atoms with Crippen LogP contribution >= 0.6 is 0 Å². The van der Waals surface area contributed by atoms with E-state index in [0.29, 0.717) is 30.5 Å². The Morgan fingerprint density at radius 1 is 1.41 bits per heavy atom. The van der Waals surface area contributed by atoms with E-state index in [2.05, 4.69) is 10.3 Å². The number of aryl methyl sites for hydroxylation is 1. The largest absolute Gasteiger partial charge is 0.493 e. The maximum absolute atomic E-state index is 10.9. The van der Waals surface area contributed by atoms with Crippen LogP contribution in [0.2, 0.25) is 0 Å². The number of methoxy groups -OCH3 is 1. The highest BCUT2D eigenvalue weighted by Gasteiger charge is 2.19. The molecule has 2 rings (SSSR count). The lowest BCUT2D eigenvalue weighted by Gasteiger charge is -2.12. The Kier molecular flexibility index (Phi) is 4.82. The summed E-state index contributed by atoms with van der Waals surface area (Å²) in [7, 11) is 3.27. The minimum absolute atomic E-state index is 0.194. The van der Waals surface area contributed by atoms with Gasteiger partial charge >= 0.3 is 5.82 Å². The van der Waals surface area contributed by atoms with Gasteiger partial charge in [0.1, 0.15) is 0 Å². The van der Waals surface area contributed by atoms with Gasteiger partial charge in [-0.15, -0.1) is 0 Å². The summed E-state index contributed by atoms with van der Waals surface area (Å²) >= 11 is 0. The standard InChI is InChI=1S/C14H18N4O4/c1-4-22-11-6-5-10(7-12(11)21-3)8-15-13-14(18(19)20)16-9-17(13)2/h5-7,9,15H,4,8H2,1-3H3. The number of hydrogen-bond acceptors (Lipinski definition) is 6. The summed E-state index contributed by atoms with van der Waals surface area (Å²) in [5.41, 5.74) is 0.913. The number of rotatable bonds is 7. The molecular weight excluding hydrogens is 288 g/mol. The zero-order valence-corrected chi connectivity index (χ0v) is 12.7. The topological polar surface area (TPSA) is 91.5 Å². The van der Waals surface area contributed by atoms with E-state index in [1.165, 1.54) is 6.33 Å². The van der Waals surface area contributed by atoms with E-state index in [9.17, 15) is 10.1 Å². The lowest BCUT2D eigenvalue weighted by atomic mass is 10.2. The highest BCUT2D eigenvalue weighted by atomic mass is 16.6. The lowest BCUT2D eigenvalue weighted by molar-refractivity contribution is -0.388. The smallest absolute Gasteiger partial charge is 0.406 e. The molecule has 0 spiro atoms. The summed E-state index contributed by atoms with van der Waals surface area (Å²) in [6.45, 7) is 2.86. The molecule has 8 heteroatoms. The Morgan fingerprint density at radius 3 is 2.82 bits per heavy atom. The van der Waals surface area contributed by atoms with Crippen LogP contribution in [0.3, 0.4) is 0 Å². The van der Waals surface area contributed by atoms with Crippen molar-refractivity contribution >= 4 is 11.6 Å². The van der Waals surface area contributed by atoms with Crippen LogP contribution < -0.4 is 14.8 Å². The van der Waals surface area contributed by atoms with E-state index in [1.54, 1.807) is 18.7 Å². The number of imidazole rings is 1. The third kappa shape index (κ3) is 3.27. The highest BCUT2D eigenvalue weighted by molar-refractivity contribution is 5.53. The molecule has 0 radical (unpaired) electrons. The zero-order chi connectivity index (χ0) is 16.1. The average Bonchev–Trinajstić information content (AvgIpc) is 2.87. The lowest BCUT2D eigenvalue weighted by Crippen LogP contribution is -2.06. The summed E-state index contributed by atoms with van der Waals surface area (Å²) in [5, 5.41) is 13.9. The van der Waals surface area contributed by atoms with Crippen molar-refractivity contribution in [3.8, 4) is 11.5 Å². The van der Waals surface area contributed by atoms with Crippen LogP contribution in [0.1, 0.15) is 12.5 Å². The number of hydrogen-bond donors (Lipinski definition) is 1. The van der Waals surface area contributed by atoms with Crippen molar-refractivity contribution in [3.63, 3.8) is 0 Å². The van der Waals surface area contributed by atoms with Crippen LogP contribution in [-0.4, -0.2) is 28.2 Å². The first-order chi connectivity index (χ1) is 10.6. The Labute approximate surface area is 127 Å². The number of aromatic nitrogens is 2. The molecule has 0 bridgehead atoms. The Morgan fingerprint density at radius 2 is 2.18 bits per heavy atom. The molecule has 0 unspecified atom stereocenters. The fraction of sp³-hybridized carbons (Fsp3) is 0.357. The van der Waals surface area contributed by atoms with Crippen LogP contribution in [0, 0.1) is 10.1 Å². The third-order valence-electron chi connectivity index (χ3n) is 3.08. The molecule has 1 aromatic heterocycles. The van der Waals surface area contributed by atoms with E-state index >= 15 is 0 Å². The SMILES string of the molecule is CCOc1ccc(CNc2c([N+](=O)[O-])ncn2C)cc1OC. The molecule has 0 saturated heterocycles. The molecule has 2 aromatic rings. The molecule has 0 fully saturated rings. The molecule has 0 aliphatic carbocycles. The molecule has 0 atom stereocenters. The van der Waals surface area contributed by atoms with Crippen molar-refractivity contribution in [2.45, 2.75) is 13.5 Å². The summed E-state index contributed by atoms with van der Waals surface area (Å²) in [4.78, 5) is 14.2. The number of benzene rings is 1. The van der Waals surface area contributed by atoms with Gasteiger partial charge in [-0.25, -0.2) is 0 Å². The first-order valence-corrected chi connectivity index (χ1v) is 6.76. The van der Waals surface area contributed by atoms with Crippen LogP contribution in [0.4, 0.5) is 11.6 Å². The van der Waals surface area contributed by atoms with E-state index in [-0.39, 0.29) is 5.82 Å². The molecule has 22 heavy (non-hydrogen) atoms. The predicted molar refractivity (Wildman–Crippen MR) is 81.4 cm³/mol. The van der Waals surface area contributed by atoms with Crippen molar-refractivity contribution in [1.82, 2.24) is 9.55 Å². The van der Waals surface area contributed by atoms with Gasteiger partial charge in [0.25, 0.3) is 0 Å². The van der Waals surface area contributed by atoms with Crippen molar-refractivity contribution < 1.29 is 14.4 Å². The first-order valence-electron chi connectivity index (χ1n) is 6.76. The van der Waals surface area contributed by atoms with Gasteiger partial charge in [0, 0.05) is 13.6 Å². The summed E-state index contributed by atoms with van der Waals surface area (Å²) < 4.78 is 12.3. The molecule has 118 valence electrons. The van der Waals surface area contributed by atoms with E-state index in [0.717, 1.165) is 5.56 Å². The number of anilines is 1. The Balaban J connectivity index is 2.15. The van der Waals surface area contributed by atoms with Gasteiger partial charge in [0.05, 0.1) is 13.7 Å². The van der Waals surface area contributed by atoms with Crippen LogP contribution in [0.15, 0.2) is 24.5 Å². The molecule has 0 aliphatic rings. The minimum atomic E-state index is -0.513. The molecule has 1 aromatic carbocycles. The van der Waals surface area contributed by atoms with Gasteiger partial charge in [-0.05, 0) is 34.5 Å². The van der Waals surface area contributed by atoms with Crippen LogP contribution in [0.25, 0.3) is 0 Å². The molecule has 8 nitrogen and oxygen atoms in total. The van der Waals surface area contributed by atoms with Gasteiger partial charge < -0.3 is 24.9 Å². The van der Waals surface area contributed by atoms with Crippen LogP contribution in [0.5, 0.6) is 11.5 Å². The molecule has 0 aliphatic heterocycles. The van der Waals surface area contributed by atoms with Crippen molar-refractivity contribution in [1.29, 1.82) is 0 Å².